The fourth-order valence-electron chi connectivity index (χ4n) is 2.67. The zero-order valence-corrected chi connectivity index (χ0v) is 17.3. The van der Waals surface area contributed by atoms with Crippen molar-refractivity contribution >= 4 is 36.9 Å². The minimum absolute atomic E-state index is 0.0176. The number of nitrogens with two attached hydrogens (primary N) is 2. The van der Waals surface area contributed by atoms with E-state index in [1.807, 2.05) is 0 Å². The van der Waals surface area contributed by atoms with Gasteiger partial charge in [-0.1, -0.05) is 0 Å². The summed E-state index contributed by atoms with van der Waals surface area (Å²) < 4.78 is 21.6. The van der Waals surface area contributed by atoms with E-state index in [1.54, 1.807) is 0 Å². The average molecular weight is 496 g/mol. The first-order valence-electron chi connectivity index (χ1n) is 8.85. The van der Waals surface area contributed by atoms with Crippen LogP contribution in [-0.2, 0) is 23.4 Å². The van der Waals surface area contributed by atoms with E-state index in [1.165, 1.54) is 10.9 Å². The second kappa shape index (κ2) is 10.3. The van der Waals surface area contributed by atoms with E-state index in [0.717, 1.165) is 0 Å². The van der Waals surface area contributed by atoms with Crippen LogP contribution in [0, 0.1) is 0 Å². The zero-order valence-electron chi connectivity index (χ0n) is 16.5. The molecular formula is C14H21N6O12P. The highest BCUT2D eigenvalue weighted by atomic mass is 31.2. The molecule has 11 N–H and O–H groups in total. The summed E-state index contributed by atoms with van der Waals surface area (Å²) in [6.45, 7) is -0.651. The topological polar surface area (TPSA) is 307 Å². The number of aliphatic carboxylic acids is 2. The lowest BCUT2D eigenvalue weighted by Gasteiger charge is -2.16. The lowest BCUT2D eigenvalue weighted by molar-refractivity contribution is -0.144. The number of fused-ring (bicyclic) bond motifs is 1. The van der Waals surface area contributed by atoms with E-state index in [9.17, 15) is 29.2 Å². The largest absolute Gasteiger partial charge is 0.481 e. The first kappa shape index (κ1) is 26.3. The quantitative estimate of drug-likeness (QED) is 0.166. The number of phosphoric acid groups is 1. The number of nitrogens with one attached hydrogen (secondary N) is 1. The molecule has 184 valence electrons. The lowest BCUT2D eigenvalue weighted by atomic mass is 10.1. The van der Waals surface area contributed by atoms with E-state index < -0.39 is 68.9 Å². The van der Waals surface area contributed by atoms with Gasteiger partial charge in [-0.05, 0) is 0 Å². The van der Waals surface area contributed by atoms with Crippen molar-refractivity contribution < 1.29 is 53.6 Å². The van der Waals surface area contributed by atoms with Gasteiger partial charge in [-0.15, -0.1) is 0 Å². The average Bonchev–Trinajstić information content (AvgIpc) is 3.21. The highest BCUT2D eigenvalue weighted by molar-refractivity contribution is 7.46. The molecule has 3 rings (SSSR count). The highest BCUT2D eigenvalue weighted by Gasteiger charge is 2.45. The van der Waals surface area contributed by atoms with Crippen molar-refractivity contribution in [1.82, 2.24) is 19.5 Å². The van der Waals surface area contributed by atoms with Gasteiger partial charge in [0.25, 0.3) is 5.56 Å². The van der Waals surface area contributed by atoms with Crippen molar-refractivity contribution in [3.63, 3.8) is 0 Å². The standard InChI is InChI=1S/C10H14N5O8P.C4H7NO4/c11-10-13-7-4(8(18)14-10)12-2-15(7)9-6(17)5(16)3(23-9)1-22-24(19,20)21;5-2(4(8)9)1-3(6)7/h2-3,5-6,9,16-17H,1H2,(H2,19,20,21)(H3,11,13,14,18);2H,1,5H2,(H,6,7)(H,8,9)/t3-,5-,6-,9-;/m1./s1. The molecule has 3 heterocycles. The Morgan fingerprint density at radius 1 is 1.30 bits per heavy atom. The number of phosphoric ester groups is 1. The fraction of sp³-hybridized carbons (Fsp3) is 0.500. The van der Waals surface area contributed by atoms with Crippen molar-refractivity contribution in [2.24, 2.45) is 5.73 Å². The van der Waals surface area contributed by atoms with Crippen molar-refractivity contribution in [2.45, 2.75) is 37.0 Å². The number of rotatable bonds is 7. The van der Waals surface area contributed by atoms with Gasteiger partial charge in [0, 0.05) is 0 Å². The lowest BCUT2D eigenvalue weighted by Crippen LogP contribution is -2.33. The molecule has 5 atom stereocenters. The number of H-pyrrole nitrogens is 1. The van der Waals surface area contributed by atoms with Crippen LogP contribution >= 0.6 is 7.82 Å². The number of nitrogens with zero attached hydrogens (tertiary/aromatic N) is 3. The number of hydrogen-bond donors (Lipinski definition) is 9. The molecule has 0 aliphatic carbocycles. The minimum Gasteiger partial charge on any atom is -0.481 e. The van der Waals surface area contributed by atoms with Crippen LogP contribution < -0.4 is 17.0 Å². The van der Waals surface area contributed by atoms with Crippen LogP contribution in [0.25, 0.3) is 11.2 Å². The molecular weight excluding hydrogens is 475 g/mol. The van der Waals surface area contributed by atoms with E-state index in [0.29, 0.717) is 0 Å². The number of carbonyl (C=O) groups is 2. The molecule has 33 heavy (non-hydrogen) atoms. The smallest absolute Gasteiger partial charge is 0.469 e. The Kier molecular flexibility index (Phi) is 8.22. The van der Waals surface area contributed by atoms with Crippen LogP contribution in [0.2, 0.25) is 0 Å². The number of imidazole rings is 1. The summed E-state index contributed by atoms with van der Waals surface area (Å²) >= 11 is 0. The minimum atomic E-state index is -4.76. The first-order chi connectivity index (χ1) is 15.2. The van der Waals surface area contributed by atoms with E-state index in [2.05, 4.69) is 19.5 Å². The summed E-state index contributed by atoms with van der Waals surface area (Å²) in [6.07, 6.45) is -4.75. The van der Waals surface area contributed by atoms with Gasteiger partial charge in [0.05, 0.1) is 19.4 Å². The normalized spacial score (nSPS) is 23.7. The number of aromatic amines is 1. The molecule has 1 saturated heterocycles. The molecule has 1 unspecified atom stereocenters. The third-order valence-corrected chi connectivity index (χ3v) is 4.67. The SMILES string of the molecule is NC(CC(=O)O)C(=O)O.Nc1nc2c(ncn2[C@@H]2O[C@H](COP(=O)(O)O)[C@@H](O)[C@H]2O)c(=O)[nH]1. The number of ether oxygens (including phenoxy) is 1. The molecule has 2 aromatic heterocycles. The number of carboxylic acid groups (broad SMARTS) is 2. The predicted octanol–water partition coefficient (Wildman–Crippen LogP) is -3.70. The highest BCUT2D eigenvalue weighted by Crippen LogP contribution is 2.38. The number of hydrogen-bond acceptors (Lipinski definition) is 12. The van der Waals surface area contributed by atoms with Crippen molar-refractivity contribution in [3.8, 4) is 0 Å². The Morgan fingerprint density at radius 2 is 1.94 bits per heavy atom. The van der Waals surface area contributed by atoms with Crippen molar-refractivity contribution in [3.05, 3.63) is 16.7 Å². The Morgan fingerprint density at radius 3 is 2.45 bits per heavy atom. The molecule has 1 aliphatic heterocycles. The van der Waals surface area contributed by atoms with Gasteiger partial charge in [0.15, 0.2) is 17.4 Å². The van der Waals surface area contributed by atoms with Crippen LogP contribution in [0.15, 0.2) is 11.1 Å². The van der Waals surface area contributed by atoms with Gasteiger partial charge < -0.3 is 46.4 Å². The number of aliphatic hydroxyl groups is 2. The summed E-state index contributed by atoms with van der Waals surface area (Å²) in [5.74, 6) is -2.68. The fourth-order valence-corrected chi connectivity index (χ4v) is 3.01. The molecule has 0 aromatic carbocycles. The first-order valence-corrected chi connectivity index (χ1v) is 10.4. The van der Waals surface area contributed by atoms with Gasteiger partial charge in [-0.25, -0.2) is 9.55 Å². The Bertz CT molecular complexity index is 1110. The second-order valence-corrected chi connectivity index (χ2v) is 7.89. The van der Waals surface area contributed by atoms with Crippen LogP contribution in [0.5, 0.6) is 0 Å². The number of anilines is 1. The molecule has 1 aliphatic rings. The number of aliphatic hydroxyl groups excluding tert-OH is 2. The van der Waals surface area contributed by atoms with E-state index >= 15 is 0 Å². The van der Waals surface area contributed by atoms with E-state index in [-0.39, 0.29) is 17.1 Å². The maximum atomic E-state index is 11.7. The van der Waals surface area contributed by atoms with Crippen LogP contribution in [-0.4, -0.2) is 92.6 Å². The molecule has 0 spiro atoms. The molecule has 0 saturated carbocycles. The predicted molar refractivity (Wildman–Crippen MR) is 104 cm³/mol. The Balaban J connectivity index is 0.000000365. The summed E-state index contributed by atoms with van der Waals surface area (Å²) in [4.78, 5) is 58.8. The molecule has 0 bridgehead atoms. The third kappa shape index (κ3) is 6.76. The molecule has 1 fully saturated rings. The number of nitrogen functional groups attached to an aromatic ring is 1. The monoisotopic (exact) mass is 496 g/mol. The summed E-state index contributed by atoms with van der Waals surface area (Å²) in [6, 6.07) is -1.29. The maximum absolute atomic E-state index is 11.7. The van der Waals surface area contributed by atoms with Gasteiger partial charge in [-0.3, -0.25) is 28.5 Å². The van der Waals surface area contributed by atoms with Gasteiger partial charge in [0.2, 0.25) is 5.95 Å². The second-order valence-electron chi connectivity index (χ2n) is 6.65. The van der Waals surface area contributed by atoms with Gasteiger partial charge in [0.1, 0.15) is 24.4 Å². The Labute approximate surface area is 182 Å². The third-order valence-electron chi connectivity index (χ3n) is 4.18. The molecule has 0 radical (unpaired) electrons. The van der Waals surface area contributed by atoms with Crippen molar-refractivity contribution in [1.29, 1.82) is 0 Å². The molecule has 2 aromatic rings. The van der Waals surface area contributed by atoms with Gasteiger partial charge >= 0.3 is 19.8 Å². The summed E-state index contributed by atoms with van der Waals surface area (Å²) in [7, 11) is -4.76. The maximum Gasteiger partial charge on any atom is 0.469 e. The summed E-state index contributed by atoms with van der Waals surface area (Å²) in [5.41, 5.74) is 9.68. The molecule has 19 heteroatoms. The summed E-state index contributed by atoms with van der Waals surface area (Å²) in [5, 5.41) is 36.1. The van der Waals surface area contributed by atoms with Crippen molar-refractivity contribution in [2.75, 3.05) is 12.3 Å². The van der Waals surface area contributed by atoms with Gasteiger partial charge in [-0.2, -0.15) is 4.98 Å². The number of aromatic nitrogens is 4. The van der Waals surface area contributed by atoms with Crippen LogP contribution in [0.4, 0.5) is 5.95 Å². The van der Waals surface area contributed by atoms with Crippen LogP contribution in [0.1, 0.15) is 12.6 Å². The van der Waals surface area contributed by atoms with E-state index in [4.69, 9.17) is 36.2 Å². The number of carboxylic acids is 2. The van der Waals surface area contributed by atoms with Crippen LogP contribution in [0.3, 0.4) is 0 Å². The Hall–Kier alpha value is -2.96. The zero-order chi connectivity index (χ0) is 25.1. The molecule has 0 amide bonds. The molecule has 18 nitrogen and oxygen atoms in total.